The molecule has 1 aromatic carbocycles. The fraction of sp³-hybridized carbons (Fsp3) is 0.200. The second kappa shape index (κ2) is 4.85. The van der Waals surface area contributed by atoms with Crippen LogP contribution in [0.2, 0.25) is 0 Å². The highest BCUT2D eigenvalue weighted by Gasteiger charge is 2.12. The first kappa shape index (κ1) is 12.5. The number of aromatic nitrogens is 3. The predicted molar refractivity (Wildman–Crippen MR) is 78.9 cm³/mol. The number of amides is 1. The number of hydrogen-bond acceptors (Lipinski definition) is 2. The number of nitrogens with one attached hydrogen (secondary N) is 2. The van der Waals surface area contributed by atoms with Gasteiger partial charge in [-0.05, 0) is 26.0 Å². The van der Waals surface area contributed by atoms with E-state index in [1.54, 1.807) is 12.3 Å². The molecule has 0 aliphatic carbocycles. The Balaban J connectivity index is 1.87. The second-order valence-corrected chi connectivity index (χ2v) is 5.00. The first-order chi connectivity index (χ1) is 9.65. The van der Waals surface area contributed by atoms with Crippen molar-refractivity contribution in [2.24, 2.45) is 0 Å². The van der Waals surface area contributed by atoms with Crippen LogP contribution in [0.3, 0.4) is 0 Å². The highest BCUT2D eigenvalue weighted by Crippen LogP contribution is 2.18. The van der Waals surface area contributed by atoms with Gasteiger partial charge in [0.15, 0.2) is 0 Å². The van der Waals surface area contributed by atoms with Gasteiger partial charge in [0.25, 0.3) is 5.91 Å². The number of fused-ring (bicyclic) bond motifs is 1. The summed E-state index contributed by atoms with van der Waals surface area (Å²) in [6.07, 6.45) is 5.32. The molecule has 0 saturated heterocycles. The third kappa shape index (κ3) is 2.18. The Labute approximate surface area is 116 Å². The van der Waals surface area contributed by atoms with E-state index in [0.29, 0.717) is 11.3 Å². The summed E-state index contributed by atoms with van der Waals surface area (Å²) in [5.41, 5.74) is 2.18. The first-order valence-electron chi connectivity index (χ1n) is 6.57. The van der Waals surface area contributed by atoms with Crippen LogP contribution in [-0.2, 0) is 0 Å². The SMILES string of the molecule is CC(C)n1cc(NC(=O)c2cccc3cc[nH]c23)cn1. The summed E-state index contributed by atoms with van der Waals surface area (Å²) in [7, 11) is 0. The van der Waals surface area contributed by atoms with Crippen molar-refractivity contribution in [2.75, 3.05) is 5.32 Å². The summed E-state index contributed by atoms with van der Waals surface area (Å²) in [5.74, 6) is -0.138. The molecule has 20 heavy (non-hydrogen) atoms. The molecular formula is C15H16N4O. The molecular weight excluding hydrogens is 252 g/mol. The standard InChI is InChI=1S/C15H16N4O/c1-10(2)19-9-12(8-17-19)18-15(20)13-5-3-4-11-6-7-16-14(11)13/h3-10,16H,1-2H3,(H,18,20). The minimum absolute atomic E-state index is 0.138. The lowest BCUT2D eigenvalue weighted by atomic mass is 10.1. The monoisotopic (exact) mass is 268 g/mol. The van der Waals surface area contributed by atoms with Crippen LogP contribution in [0.4, 0.5) is 5.69 Å². The van der Waals surface area contributed by atoms with Crippen molar-refractivity contribution in [3.05, 3.63) is 48.4 Å². The van der Waals surface area contributed by atoms with Crippen LogP contribution < -0.4 is 5.32 Å². The molecule has 0 bridgehead atoms. The molecule has 102 valence electrons. The largest absolute Gasteiger partial charge is 0.361 e. The molecule has 0 saturated carbocycles. The zero-order valence-electron chi connectivity index (χ0n) is 11.4. The van der Waals surface area contributed by atoms with Gasteiger partial charge in [-0.3, -0.25) is 9.48 Å². The summed E-state index contributed by atoms with van der Waals surface area (Å²) >= 11 is 0. The van der Waals surface area contributed by atoms with Gasteiger partial charge in [-0.15, -0.1) is 0 Å². The van der Waals surface area contributed by atoms with Crippen LogP contribution in [0.5, 0.6) is 0 Å². The lowest BCUT2D eigenvalue weighted by molar-refractivity contribution is 0.102. The van der Waals surface area contributed by atoms with E-state index >= 15 is 0 Å². The van der Waals surface area contributed by atoms with Crippen LogP contribution in [0.15, 0.2) is 42.9 Å². The Morgan fingerprint density at radius 1 is 1.35 bits per heavy atom. The fourth-order valence-corrected chi connectivity index (χ4v) is 2.16. The molecule has 2 N–H and O–H groups in total. The number of nitrogens with zero attached hydrogens (tertiary/aromatic N) is 2. The van der Waals surface area contributed by atoms with Gasteiger partial charge in [0.2, 0.25) is 0 Å². The minimum atomic E-state index is -0.138. The van der Waals surface area contributed by atoms with Gasteiger partial charge >= 0.3 is 0 Å². The van der Waals surface area contributed by atoms with Crippen LogP contribution in [-0.4, -0.2) is 20.7 Å². The third-order valence-electron chi connectivity index (χ3n) is 3.22. The molecule has 1 amide bonds. The summed E-state index contributed by atoms with van der Waals surface area (Å²) in [4.78, 5) is 15.4. The second-order valence-electron chi connectivity index (χ2n) is 5.00. The van der Waals surface area contributed by atoms with Gasteiger partial charge < -0.3 is 10.3 Å². The van der Waals surface area contributed by atoms with Crippen LogP contribution in [0.1, 0.15) is 30.2 Å². The third-order valence-corrected chi connectivity index (χ3v) is 3.22. The maximum Gasteiger partial charge on any atom is 0.257 e. The van der Waals surface area contributed by atoms with Gasteiger partial charge in [-0.1, -0.05) is 12.1 Å². The summed E-state index contributed by atoms with van der Waals surface area (Å²) in [6, 6.07) is 7.87. The van der Waals surface area contributed by atoms with Crippen molar-refractivity contribution in [3.63, 3.8) is 0 Å². The van der Waals surface area contributed by atoms with Crippen molar-refractivity contribution in [3.8, 4) is 0 Å². The average Bonchev–Trinajstić information content (AvgIpc) is 3.05. The topological polar surface area (TPSA) is 62.7 Å². The number of aromatic amines is 1. The average molecular weight is 268 g/mol. The number of carbonyl (C=O) groups is 1. The number of carbonyl (C=O) groups excluding carboxylic acids is 1. The molecule has 0 atom stereocenters. The van der Waals surface area contributed by atoms with Gasteiger partial charge in [-0.25, -0.2) is 0 Å². The molecule has 0 radical (unpaired) electrons. The molecule has 5 heteroatoms. The van der Waals surface area contributed by atoms with Gasteiger partial charge in [0.1, 0.15) is 0 Å². The molecule has 0 unspecified atom stereocenters. The summed E-state index contributed by atoms with van der Waals surface area (Å²) in [6.45, 7) is 4.08. The molecule has 2 heterocycles. The molecule has 0 spiro atoms. The maximum atomic E-state index is 12.3. The highest BCUT2D eigenvalue weighted by molar-refractivity contribution is 6.11. The summed E-state index contributed by atoms with van der Waals surface area (Å²) < 4.78 is 1.81. The predicted octanol–water partition coefficient (Wildman–Crippen LogP) is 3.20. The van der Waals surface area contributed by atoms with Crippen LogP contribution in [0.25, 0.3) is 10.9 Å². The molecule has 2 aromatic heterocycles. The Hall–Kier alpha value is -2.56. The van der Waals surface area contributed by atoms with E-state index in [2.05, 4.69) is 15.4 Å². The van der Waals surface area contributed by atoms with Gasteiger partial charge in [-0.2, -0.15) is 5.10 Å². The minimum Gasteiger partial charge on any atom is -0.361 e. The number of benzene rings is 1. The Morgan fingerprint density at radius 3 is 2.95 bits per heavy atom. The normalized spacial score (nSPS) is 11.2. The quantitative estimate of drug-likeness (QED) is 0.766. The van der Waals surface area contributed by atoms with E-state index in [-0.39, 0.29) is 11.9 Å². The maximum absolute atomic E-state index is 12.3. The Morgan fingerprint density at radius 2 is 2.20 bits per heavy atom. The zero-order chi connectivity index (χ0) is 14.1. The molecule has 3 rings (SSSR count). The Bertz CT molecular complexity index is 754. The van der Waals surface area contributed by atoms with Gasteiger partial charge in [0.05, 0.1) is 23.0 Å². The van der Waals surface area contributed by atoms with Crippen molar-refractivity contribution < 1.29 is 4.79 Å². The molecule has 0 aliphatic rings. The van der Waals surface area contributed by atoms with Crippen molar-refractivity contribution in [2.45, 2.75) is 19.9 Å². The summed E-state index contributed by atoms with van der Waals surface area (Å²) in [5, 5.41) is 8.11. The lowest BCUT2D eigenvalue weighted by Crippen LogP contribution is -2.12. The van der Waals surface area contributed by atoms with E-state index in [4.69, 9.17) is 0 Å². The fourth-order valence-electron chi connectivity index (χ4n) is 2.16. The number of hydrogen-bond donors (Lipinski definition) is 2. The number of rotatable bonds is 3. The molecule has 0 aliphatic heterocycles. The number of H-pyrrole nitrogens is 1. The lowest BCUT2D eigenvalue weighted by Gasteiger charge is -2.05. The van der Waals surface area contributed by atoms with E-state index < -0.39 is 0 Å². The first-order valence-corrected chi connectivity index (χ1v) is 6.57. The zero-order valence-corrected chi connectivity index (χ0v) is 11.4. The van der Waals surface area contributed by atoms with Crippen molar-refractivity contribution >= 4 is 22.5 Å². The van der Waals surface area contributed by atoms with E-state index in [1.165, 1.54) is 0 Å². The van der Waals surface area contributed by atoms with E-state index in [1.807, 2.05) is 49.1 Å². The molecule has 0 fully saturated rings. The molecule has 5 nitrogen and oxygen atoms in total. The van der Waals surface area contributed by atoms with Crippen LogP contribution in [0, 0.1) is 0 Å². The van der Waals surface area contributed by atoms with Crippen LogP contribution >= 0.6 is 0 Å². The van der Waals surface area contributed by atoms with E-state index in [0.717, 1.165) is 10.9 Å². The highest BCUT2D eigenvalue weighted by atomic mass is 16.1. The molecule has 3 aromatic rings. The number of para-hydroxylation sites is 1. The number of anilines is 1. The van der Waals surface area contributed by atoms with Crippen molar-refractivity contribution in [1.82, 2.24) is 14.8 Å². The van der Waals surface area contributed by atoms with E-state index in [9.17, 15) is 4.79 Å². The van der Waals surface area contributed by atoms with Crippen molar-refractivity contribution in [1.29, 1.82) is 0 Å². The Kier molecular flexibility index (Phi) is 3.02. The smallest absolute Gasteiger partial charge is 0.257 e. The van der Waals surface area contributed by atoms with Gasteiger partial charge in [0, 0.05) is 23.8 Å².